The van der Waals surface area contributed by atoms with Crippen molar-refractivity contribution in [1.29, 1.82) is 0 Å². The number of rotatable bonds is 5. The van der Waals surface area contributed by atoms with Crippen LogP contribution in [0.2, 0.25) is 0 Å². The van der Waals surface area contributed by atoms with Crippen LogP contribution in [0.5, 0.6) is 0 Å². The number of anilines is 1. The number of nitrogens with zero attached hydrogens (tertiary/aromatic N) is 3. The lowest BCUT2D eigenvalue weighted by Crippen LogP contribution is -2.50. The molecule has 0 unspecified atom stereocenters. The summed E-state index contributed by atoms with van der Waals surface area (Å²) in [5.74, 6) is 0.494. The molecular formula is C20H23BrN4O2. The molecule has 2 heterocycles. The van der Waals surface area contributed by atoms with Gasteiger partial charge in [0.1, 0.15) is 5.82 Å². The molecule has 0 atom stereocenters. The number of benzene rings is 1. The highest BCUT2D eigenvalue weighted by atomic mass is 79.9. The summed E-state index contributed by atoms with van der Waals surface area (Å²) in [5.41, 5.74) is 1.95. The van der Waals surface area contributed by atoms with Crippen molar-refractivity contribution in [2.45, 2.75) is 13.3 Å². The second-order valence-electron chi connectivity index (χ2n) is 6.53. The monoisotopic (exact) mass is 430 g/mol. The number of nitrogens with one attached hydrogen (secondary N) is 1. The van der Waals surface area contributed by atoms with E-state index < -0.39 is 0 Å². The van der Waals surface area contributed by atoms with Gasteiger partial charge in [-0.05, 0) is 52.2 Å². The van der Waals surface area contributed by atoms with E-state index >= 15 is 0 Å². The molecule has 0 aliphatic carbocycles. The van der Waals surface area contributed by atoms with E-state index in [4.69, 9.17) is 0 Å². The van der Waals surface area contributed by atoms with Crippen LogP contribution in [0, 0.1) is 0 Å². The Hall–Kier alpha value is -2.25. The van der Waals surface area contributed by atoms with Gasteiger partial charge in [-0.2, -0.15) is 0 Å². The van der Waals surface area contributed by atoms with Crippen LogP contribution in [0.15, 0.2) is 47.1 Å². The Morgan fingerprint density at radius 3 is 2.37 bits per heavy atom. The van der Waals surface area contributed by atoms with Crippen LogP contribution in [0.3, 0.4) is 0 Å². The second kappa shape index (κ2) is 9.10. The molecule has 1 aliphatic rings. The molecule has 0 spiro atoms. The number of carbonyl (C=O) groups excluding carboxylic acids is 2. The fourth-order valence-corrected chi connectivity index (χ4v) is 3.24. The highest BCUT2D eigenvalue weighted by molar-refractivity contribution is 9.10. The van der Waals surface area contributed by atoms with Gasteiger partial charge in [-0.3, -0.25) is 14.5 Å². The van der Waals surface area contributed by atoms with Gasteiger partial charge >= 0.3 is 0 Å². The molecule has 0 saturated carbocycles. The molecule has 7 heteroatoms. The number of aromatic nitrogens is 1. The maximum absolute atomic E-state index is 12.6. The first kappa shape index (κ1) is 19.5. The minimum Gasteiger partial charge on any atom is -0.336 e. The third-order valence-corrected chi connectivity index (χ3v) is 5.10. The van der Waals surface area contributed by atoms with E-state index in [0.29, 0.717) is 38.5 Å². The Morgan fingerprint density at radius 2 is 1.78 bits per heavy atom. The minimum atomic E-state index is -0.0975. The zero-order chi connectivity index (χ0) is 19.2. The van der Waals surface area contributed by atoms with Gasteiger partial charge in [0.15, 0.2) is 0 Å². The van der Waals surface area contributed by atoms with Crippen molar-refractivity contribution in [3.8, 4) is 0 Å². The molecule has 0 radical (unpaired) electrons. The molecule has 0 bridgehead atoms. The van der Waals surface area contributed by atoms with Crippen LogP contribution < -0.4 is 5.32 Å². The van der Waals surface area contributed by atoms with Gasteiger partial charge in [0.25, 0.3) is 5.91 Å². The molecule has 3 rings (SSSR count). The highest BCUT2D eigenvalue weighted by Crippen LogP contribution is 2.12. The zero-order valence-electron chi connectivity index (χ0n) is 15.3. The molecule has 6 nitrogen and oxygen atoms in total. The predicted molar refractivity (Wildman–Crippen MR) is 109 cm³/mol. The Morgan fingerprint density at radius 1 is 1.07 bits per heavy atom. The average molecular weight is 431 g/mol. The molecule has 1 fully saturated rings. The smallest absolute Gasteiger partial charge is 0.253 e. The van der Waals surface area contributed by atoms with E-state index in [1.54, 1.807) is 12.3 Å². The standard InChI is InChI=1S/C20H23BrN4O2/c1-2-15-3-5-16(6-4-15)20(27)25-11-9-24(10-12-25)14-19(26)23-18-8-7-17(21)13-22-18/h3-8,13H,2,9-12,14H2,1H3,(H,22,23,26). The Labute approximate surface area is 167 Å². The van der Waals surface area contributed by atoms with Crippen molar-refractivity contribution in [2.24, 2.45) is 0 Å². The lowest BCUT2D eigenvalue weighted by Gasteiger charge is -2.34. The van der Waals surface area contributed by atoms with E-state index in [1.165, 1.54) is 5.56 Å². The highest BCUT2D eigenvalue weighted by Gasteiger charge is 2.23. The normalized spacial score (nSPS) is 14.8. The van der Waals surface area contributed by atoms with Crippen LogP contribution in [-0.2, 0) is 11.2 Å². The third kappa shape index (κ3) is 5.37. The number of halogens is 1. The summed E-state index contributed by atoms with van der Waals surface area (Å²) in [5, 5.41) is 2.79. The van der Waals surface area contributed by atoms with Crippen molar-refractivity contribution in [3.05, 3.63) is 58.2 Å². The quantitative estimate of drug-likeness (QED) is 0.791. The summed E-state index contributed by atoms with van der Waals surface area (Å²) < 4.78 is 0.866. The van der Waals surface area contributed by atoms with Crippen LogP contribution in [-0.4, -0.2) is 59.3 Å². The fraction of sp³-hybridized carbons (Fsp3) is 0.350. The minimum absolute atomic E-state index is 0.0563. The van der Waals surface area contributed by atoms with Crippen LogP contribution >= 0.6 is 15.9 Å². The molecule has 1 saturated heterocycles. The molecule has 1 aromatic heterocycles. The molecule has 2 amide bonds. The van der Waals surface area contributed by atoms with E-state index in [2.05, 4.69) is 38.1 Å². The number of aryl methyl sites for hydroxylation is 1. The first-order valence-corrected chi connectivity index (χ1v) is 9.86. The molecule has 2 aromatic rings. The van der Waals surface area contributed by atoms with Gasteiger partial charge in [0.2, 0.25) is 5.91 Å². The second-order valence-corrected chi connectivity index (χ2v) is 7.44. The summed E-state index contributed by atoms with van der Waals surface area (Å²) in [6.07, 6.45) is 2.61. The first-order chi connectivity index (χ1) is 13.0. The van der Waals surface area contributed by atoms with Gasteiger partial charge in [-0.15, -0.1) is 0 Å². The molecule has 27 heavy (non-hydrogen) atoms. The van der Waals surface area contributed by atoms with Crippen LogP contribution in [0.25, 0.3) is 0 Å². The van der Waals surface area contributed by atoms with Gasteiger partial charge in [-0.1, -0.05) is 19.1 Å². The molecule has 1 aliphatic heterocycles. The molecular weight excluding hydrogens is 408 g/mol. The Bertz CT molecular complexity index is 785. The lowest BCUT2D eigenvalue weighted by atomic mass is 10.1. The van der Waals surface area contributed by atoms with Crippen molar-refractivity contribution < 1.29 is 9.59 Å². The number of hydrogen-bond acceptors (Lipinski definition) is 4. The summed E-state index contributed by atoms with van der Waals surface area (Å²) in [6, 6.07) is 11.4. The lowest BCUT2D eigenvalue weighted by molar-refractivity contribution is -0.117. The van der Waals surface area contributed by atoms with Gasteiger partial charge in [0, 0.05) is 42.4 Å². The Kier molecular flexibility index (Phi) is 6.58. The topological polar surface area (TPSA) is 65.5 Å². The summed E-state index contributed by atoms with van der Waals surface area (Å²) in [4.78, 5) is 32.8. The molecule has 142 valence electrons. The van der Waals surface area contributed by atoms with E-state index in [0.717, 1.165) is 16.5 Å². The van der Waals surface area contributed by atoms with Crippen LogP contribution in [0.1, 0.15) is 22.8 Å². The van der Waals surface area contributed by atoms with E-state index in [9.17, 15) is 9.59 Å². The summed E-state index contributed by atoms with van der Waals surface area (Å²) in [7, 11) is 0. The van der Waals surface area contributed by atoms with Gasteiger partial charge < -0.3 is 10.2 Å². The summed E-state index contributed by atoms with van der Waals surface area (Å²) >= 11 is 3.32. The maximum Gasteiger partial charge on any atom is 0.253 e. The van der Waals surface area contributed by atoms with Crippen molar-refractivity contribution in [1.82, 2.24) is 14.8 Å². The zero-order valence-corrected chi connectivity index (χ0v) is 16.9. The SMILES string of the molecule is CCc1ccc(C(=O)N2CCN(CC(=O)Nc3ccc(Br)cn3)CC2)cc1. The Balaban J connectivity index is 1.47. The number of hydrogen-bond donors (Lipinski definition) is 1. The van der Waals surface area contributed by atoms with Gasteiger partial charge in [-0.25, -0.2) is 4.98 Å². The van der Waals surface area contributed by atoms with Gasteiger partial charge in [0.05, 0.1) is 6.54 Å². The van der Waals surface area contributed by atoms with Crippen molar-refractivity contribution in [2.75, 3.05) is 38.0 Å². The fourth-order valence-electron chi connectivity index (χ4n) is 3.01. The molecule has 1 aromatic carbocycles. The molecule has 1 N–H and O–H groups in total. The third-order valence-electron chi connectivity index (χ3n) is 4.63. The number of piperazine rings is 1. The first-order valence-electron chi connectivity index (χ1n) is 9.07. The van der Waals surface area contributed by atoms with Crippen LogP contribution in [0.4, 0.5) is 5.82 Å². The average Bonchev–Trinajstić information content (AvgIpc) is 2.70. The van der Waals surface area contributed by atoms with E-state index in [1.807, 2.05) is 35.2 Å². The van der Waals surface area contributed by atoms with Crippen molar-refractivity contribution >= 4 is 33.6 Å². The van der Waals surface area contributed by atoms with E-state index in [-0.39, 0.29) is 11.8 Å². The number of amides is 2. The number of carbonyl (C=O) groups is 2. The van der Waals surface area contributed by atoms with Crippen molar-refractivity contribution in [3.63, 3.8) is 0 Å². The summed E-state index contributed by atoms with van der Waals surface area (Å²) in [6.45, 7) is 5.00. The number of pyridine rings is 1. The maximum atomic E-state index is 12.6. The predicted octanol–water partition coefficient (Wildman–Crippen LogP) is 2.80. The largest absolute Gasteiger partial charge is 0.336 e.